The number of anilines is 1. The second kappa shape index (κ2) is 11.5. The molecule has 3 rings (SSSR count). The summed E-state index contributed by atoms with van der Waals surface area (Å²) in [4.78, 5) is 37.4. The Bertz CT molecular complexity index is 1130. The van der Waals surface area contributed by atoms with Gasteiger partial charge in [-0.15, -0.1) is 0 Å². The zero-order valence-electron chi connectivity index (χ0n) is 18.7. The molecule has 0 bridgehead atoms. The molecule has 3 amide bonds. The maximum Gasteiger partial charge on any atom is 0.313 e. The minimum absolute atomic E-state index is 0.134. The maximum atomic E-state index is 12.7. The van der Waals surface area contributed by atoms with Gasteiger partial charge in [0.25, 0.3) is 5.91 Å². The minimum Gasteiger partial charge on any atom is -0.496 e. The molecule has 170 valence electrons. The minimum atomic E-state index is -0.861. The van der Waals surface area contributed by atoms with Gasteiger partial charge in [0.15, 0.2) is 0 Å². The summed E-state index contributed by atoms with van der Waals surface area (Å²) in [6.07, 6.45) is 0.951. The van der Waals surface area contributed by atoms with E-state index in [0.29, 0.717) is 12.3 Å². The van der Waals surface area contributed by atoms with Crippen LogP contribution >= 0.6 is 0 Å². The van der Waals surface area contributed by atoms with E-state index in [1.165, 1.54) is 12.7 Å². The van der Waals surface area contributed by atoms with Gasteiger partial charge < -0.3 is 20.7 Å². The fraction of sp³-hybridized carbons (Fsp3) is 0.192. The Hall–Kier alpha value is -4.13. The number of para-hydroxylation sites is 2. The molecule has 7 heteroatoms. The first-order chi connectivity index (χ1) is 16.0. The lowest BCUT2D eigenvalue weighted by Crippen LogP contribution is -2.35. The highest BCUT2D eigenvalue weighted by Crippen LogP contribution is 2.17. The summed E-state index contributed by atoms with van der Waals surface area (Å²) in [5.74, 6) is -1.41. The van der Waals surface area contributed by atoms with Crippen LogP contribution < -0.4 is 20.7 Å². The Morgan fingerprint density at radius 1 is 0.758 bits per heavy atom. The molecule has 0 aromatic heterocycles. The Morgan fingerprint density at radius 3 is 2.15 bits per heavy atom. The van der Waals surface area contributed by atoms with Crippen LogP contribution in [0.1, 0.15) is 34.0 Å². The number of methoxy groups -OCH3 is 1. The van der Waals surface area contributed by atoms with Crippen molar-refractivity contribution in [2.75, 3.05) is 12.4 Å². The van der Waals surface area contributed by atoms with Gasteiger partial charge in [-0.1, -0.05) is 61.5 Å². The predicted octanol–water partition coefficient (Wildman–Crippen LogP) is 3.44. The van der Waals surface area contributed by atoms with Crippen LogP contribution in [-0.4, -0.2) is 24.8 Å². The molecule has 33 heavy (non-hydrogen) atoms. The normalized spacial score (nSPS) is 10.2. The van der Waals surface area contributed by atoms with Gasteiger partial charge in [0.05, 0.1) is 18.4 Å². The number of rotatable bonds is 8. The third-order valence-electron chi connectivity index (χ3n) is 5.14. The van der Waals surface area contributed by atoms with E-state index in [2.05, 4.69) is 22.9 Å². The monoisotopic (exact) mass is 445 g/mol. The van der Waals surface area contributed by atoms with Gasteiger partial charge in [0.2, 0.25) is 0 Å². The molecular formula is C26H27N3O4. The highest BCUT2D eigenvalue weighted by molar-refractivity contribution is 6.40. The Morgan fingerprint density at radius 2 is 1.42 bits per heavy atom. The molecule has 7 nitrogen and oxygen atoms in total. The lowest BCUT2D eigenvalue weighted by Gasteiger charge is -2.12. The van der Waals surface area contributed by atoms with E-state index in [1.54, 1.807) is 36.4 Å². The van der Waals surface area contributed by atoms with Crippen molar-refractivity contribution < 1.29 is 19.1 Å². The molecule has 0 fully saturated rings. The first kappa shape index (κ1) is 23.5. The van der Waals surface area contributed by atoms with Crippen molar-refractivity contribution in [3.8, 4) is 5.75 Å². The van der Waals surface area contributed by atoms with Crippen molar-refractivity contribution in [2.45, 2.75) is 26.4 Å². The van der Waals surface area contributed by atoms with Crippen molar-refractivity contribution >= 4 is 23.4 Å². The van der Waals surface area contributed by atoms with Crippen LogP contribution in [0.25, 0.3) is 0 Å². The molecule has 0 atom stereocenters. The van der Waals surface area contributed by atoms with Gasteiger partial charge >= 0.3 is 11.8 Å². The van der Waals surface area contributed by atoms with Crippen LogP contribution in [0.3, 0.4) is 0 Å². The van der Waals surface area contributed by atoms with Crippen LogP contribution in [0.4, 0.5) is 5.69 Å². The molecule has 0 aliphatic heterocycles. The summed E-state index contributed by atoms with van der Waals surface area (Å²) < 4.78 is 5.25. The van der Waals surface area contributed by atoms with Gasteiger partial charge in [-0.3, -0.25) is 14.4 Å². The van der Waals surface area contributed by atoms with Crippen molar-refractivity contribution in [2.24, 2.45) is 0 Å². The predicted molar refractivity (Wildman–Crippen MR) is 127 cm³/mol. The van der Waals surface area contributed by atoms with Crippen molar-refractivity contribution in [1.29, 1.82) is 0 Å². The summed E-state index contributed by atoms with van der Waals surface area (Å²) in [5, 5.41) is 7.94. The molecular weight excluding hydrogens is 418 g/mol. The Labute approximate surface area is 193 Å². The van der Waals surface area contributed by atoms with Gasteiger partial charge in [-0.25, -0.2) is 0 Å². The van der Waals surface area contributed by atoms with Crippen molar-refractivity contribution in [3.63, 3.8) is 0 Å². The van der Waals surface area contributed by atoms with Gasteiger partial charge in [-0.05, 0) is 35.7 Å². The summed E-state index contributed by atoms with van der Waals surface area (Å²) in [6, 6.07) is 21.8. The van der Waals surface area contributed by atoms with Crippen LogP contribution in [0.2, 0.25) is 0 Å². The molecule has 0 unspecified atom stereocenters. The maximum absolute atomic E-state index is 12.7. The molecule has 0 saturated carbocycles. The highest BCUT2D eigenvalue weighted by Gasteiger charge is 2.18. The van der Waals surface area contributed by atoms with E-state index in [-0.39, 0.29) is 23.7 Å². The average molecular weight is 446 g/mol. The number of carbonyl (C=O) groups is 3. The zero-order valence-corrected chi connectivity index (χ0v) is 18.7. The molecule has 0 spiro atoms. The number of aryl methyl sites for hydroxylation is 1. The van der Waals surface area contributed by atoms with Gasteiger partial charge in [-0.2, -0.15) is 0 Å². The lowest BCUT2D eigenvalue weighted by molar-refractivity contribution is -0.136. The fourth-order valence-corrected chi connectivity index (χ4v) is 3.24. The van der Waals surface area contributed by atoms with E-state index in [4.69, 9.17) is 4.74 Å². The lowest BCUT2D eigenvalue weighted by atomic mass is 10.1. The quantitative estimate of drug-likeness (QED) is 0.463. The number of ether oxygens (including phenoxy) is 1. The van der Waals surface area contributed by atoms with E-state index in [0.717, 1.165) is 17.5 Å². The van der Waals surface area contributed by atoms with E-state index in [9.17, 15) is 14.4 Å². The second-order valence-corrected chi connectivity index (χ2v) is 7.35. The van der Waals surface area contributed by atoms with Gasteiger partial charge in [0, 0.05) is 18.7 Å². The summed E-state index contributed by atoms with van der Waals surface area (Å²) in [5.41, 5.74) is 3.47. The topological polar surface area (TPSA) is 96.5 Å². The first-order valence-corrected chi connectivity index (χ1v) is 10.7. The molecule has 3 aromatic rings. The number of carbonyl (C=O) groups excluding carboxylic acids is 3. The second-order valence-electron chi connectivity index (χ2n) is 7.35. The number of hydrogen-bond acceptors (Lipinski definition) is 4. The number of amides is 3. The standard InChI is InChI=1S/C26H27N3O4/c1-3-18-12-14-19(15-13-18)16-27-24(30)21-9-5-6-10-22(21)29-26(32)25(31)28-17-20-8-4-7-11-23(20)33-2/h4-15H,3,16-17H2,1-2H3,(H,27,30)(H,28,31)(H,29,32). The molecule has 0 saturated heterocycles. The molecule has 3 N–H and O–H groups in total. The van der Waals surface area contributed by atoms with E-state index >= 15 is 0 Å². The number of hydrogen-bond donors (Lipinski definition) is 3. The number of benzene rings is 3. The smallest absolute Gasteiger partial charge is 0.313 e. The van der Waals surface area contributed by atoms with Gasteiger partial charge in [0.1, 0.15) is 5.75 Å². The average Bonchev–Trinajstić information content (AvgIpc) is 2.86. The Kier molecular flexibility index (Phi) is 8.18. The Balaban J connectivity index is 1.59. The van der Waals surface area contributed by atoms with Crippen molar-refractivity contribution in [1.82, 2.24) is 10.6 Å². The molecule has 0 aliphatic rings. The summed E-state index contributed by atoms with van der Waals surface area (Å²) in [6.45, 7) is 2.57. The largest absolute Gasteiger partial charge is 0.496 e. The van der Waals surface area contributed by atoms with Crippen LogP contribution in [0.5, 0.6) is 5.75 Å². The molecule has 0 aliphatic carbocycles. The van der Waals surface area contributed by atoms with Crippen LogP contribution in [0, 0.1) is 0 Å². The SMILES string of the molecule is CCc1ccc(CNC(=O)c2ccccc2NC(=O)C(=O)NCc2ccccc2OC)cc1. The summed E-state index contributed by atoms with van der Waals surface area (Å²) >= 11 is 0. The third kappa shape index (κ3) is 6.43. The third-order valence-corrected chi connectivity index (χ3v) is 5.14. The fourth-order valence-electron chi connectivity index (χ4n) is 3.24. The van der Waals surface area contributed by atoms with E-state index in [1.807, 2.05) is 36.4 Å². The number of nitrogens with one attached hydrogen (secondary N) is 3. The molecule has 0 heterocycles. The summed E-state index contributed by atoms with van der Waals surface area (Å²) in [7, 11) is 1.54. The zero-order chi connectivity index (χ0) is 23.6. The highest BCUT2D eigenvalue weighted by atomic mass is 16.5. The van der Waals surface area contributed by atoms with Crippen molar-refractivity contribution in [3.05, 3.63) is 95.1 Å². The molecule has 3 aromatic carbocycles. The van der Waals surface area contributed by atoms with Crippen LogP contribution in [-0.2, 0) is 29.1 Å². The van der Waals surface area contributed by atoms with E-state index < -0.39 is 11.8 Å². The molecule has 0 radical (unpaired) electrons. The van der Waals surface area contributed by atoms with Crippen LogP contribution in [0.15, 0.2) is 72.8 Å². The first-order valence-electron chi connectivity index (χ1n) is 10.7.